The fourth-order valence-electron chi connectivity index (χ4n) is 1.74. The molecule has 1 aromatic heterocycles. The van der Waals surface area contributed by atoms with E-state index in [-0.39, 0.29) is 16.8 Å². The standard InChI is InChI=1S/C13H9F3N2O4S/c14-13(15,16)10-5-9(17-11(18-10)6-23(21)22)7-1-3-8(4-2-7)12(19)20/h1-5H,6H2,(H,19,20)(H,21,22)/p-1. The molecule has 122 valence electrons. The molecule has 10 heteroatoms. The van der Waals surface area contributed by atoms with Crippen LogP contribution >= 0.6 is 0 Å². The molecule has 0 bridgehead atoms. The molecule has 1 N–H and O–H groups in total. The van der Waals surface area contributed by atoms with Gasteiger partial charge in [0, 0.05) is 5.56 Å². The van der Waals surface area contributed by atoms with Crippen LogP contribution < -0.4 is 0 Å². The van der Waals surface area contributed by atoms with Gasteiger partial charge in [-0.25, -0.2) is 14.8 Å². The highest BCUT2D eigenvalue weighted by molar-refractivity contribution is 7.78. The van der Waals surface area contributed by atoms with Crippen LogP contribution in [0.15, 0.2) is 30.3 Å². The first-order valence-electron chi connectivity index (χ1n) is 6.01. The average molecular weight is 345 g/mol. The lowest BCUT2D eigenvalue weighted by Crippen LogP contribution is -2.12. The van der Waals surface area contributed by atoms with Gasteiger partial charge in [0.2, 0.25) is 0 Å². The van der Waals surface area contributed by atoms with Gasteiger partial charge in [0.05, 0.1) is 17.0 Å². The van der Waals surface area contributed by atoms with Gasteiger partial charge < -0.3 is 9.66 Å². The normalized spacial score (nSPS) is 12.9. The molecule has 0 radical (unpaired) electrons. The zero-order valence-electron chi connectivity index (χ0n) is 11.2. The summed E-state index contributed by atoms with van der Waals surface area (Å²) in [5, 5.41) is 8.80. The maximum atomic E-state index is 12.8. The Balaban J connectivity index is 2.51. The zero-order chi connectivity index (χ0) is 17.2. The third kappa shape index (κ3) is 4.33. The molecule has 2 aromatic rings. The molecule has 0 aliphatic heterocycles. The number of nitrogens with zero attached hydrogens (tertiary/aromatic N) is 2. The van der Waals surface area contributed by atoms with Crippen LogP contribution in [0.1, 0.15) is 21.9 Å². The first kappa shape index (κ1) is 17.0. The minimum absolute atomic E-state index is 0.0419. The average Bonchev–Trinajstić information content (AvgIpc) is 2.45. The molecule has 1 heterocycles. The molecular formula is C13H8F3N2O4S-. The molecule has 0 aliphatic rings. The van der Waals surface area contributed by atoms with Crippen molar-refractivity contribution in [1.29, 1.82) is 0 Å². The highest BCUT2D eigenvalue weighted by Gasteiger charge is 2.33. The monoisotopic (exact) mass is 345 g/mol. The number of benzene rings is 1. The van der Waals surface area contributed by atoms with E-state index in [4.69, 9.17) is 5.11 Å². The SMILES string of the molecule is O=C(O)c1ccc(-c2cc(C(F)(F)F)nc(CS(=O)[O-])n2)cc1. The van der Waals surface area contributed by atoms with Gasteiger partial charge in [0.15, 0.2) is 0 Å². The van der Waals surface area contributed by atoms with Crippen LogP contribution in [0.2, 0.25) is 0 Å². The molecule has 1 atom stereocenters. The maximum absolute atomic E-state index is 12.8. The first-order chi connectivity index (χ1) is 10.7. The van der Waals surface area contributed by atoms with Crippen molar-refractivity contribution in [3.63, 3.8) is 0 Å². The van der Waals surface area contributed by atoms with Crippen LogP contribution in [0, 0.1) is 0 Å². The summed E-state index contributed by atoms with van der Waals surface area (Å²) in [6.45, 7) is 0. The van der Waals surface area contributed by atoms with Crippen LogP contribution in [0.4, 0.5) is 13.2 Å². The van der Waals surface area contributed by atoms with E-state index in [0.29, 0.717) is 6.07 Å². The molecule has 0 saturated carbocycles. The van der Waals surface area contributed by atoms with E-state index < -0.39 is 40.5 Å². The van der Waals surface area contributed by atoms with Gasteiger partial charge in [-0.05, 0) is 29.3 Å². The molecule has 1 unspecified atom stereocenters. The molecule has 0 aliphatic carbocycles. The van der Waals surface area contributed by atoms with Gasteiger partial charge in [-0.1, -0.05) is 12.1 Å². The number of alkyl halides is 3. The summed E-state index contributed by atoms with van der Waals surface area (Å²) in [7, 11) is 0. The van der Waals surface area contributed by atoms with Crippen molar-refractivity contribution < 1.29 is 31.8 Å². The summed E-state index contributed by atoms with van der Waals surface area (Å²) < 4.78 is 59.9. The molecule has 1 aromatic carbocycles. The summed E-state index contributed by atoms with van der Waals surface area (Å²) in [5.41, 5.74) is -1.25. The van der Waals surface area contributed by atoms with E-state index in [2.05, 4.69) is 9.97 Å². The number of carboxylic acid groups (broad SMARTS) is 1. The van der Waals surface area contributed by atoms with E-state index in [1.807, 2.05) is 0 Å². The van der Waals surface area contributed by atoms with Crippen molar-refractivity contribution in [3.8, 4) is 11.3 Å². The van der Waals surface area contributed by atoms with E-state index in [1.165, 1.54) is 24.3 Å². The van der Waals surface area contributed by atoms with E-state index in [0.717, 1.165) is 0 Å². The number of halogens is 3. The number of rotatable bonds is 4. The molecule has 0 amide bonds. The molecule has 0 spiro atoms. The van der Waals surface area contributed by atoms with Crippen molar-refractivity contribution in [1.82, 2.24) is 9.97 Å². The number of aromatic carboxylic acids is 1. The van der Waals surface area contributed by atoms with Crippen molar-refractivity contribution in [2.75, 3.05) is 0 Å². The lowest BCUT2D eigenvalue weighted by atomic mass is 10.1. The predicted octanol–water partition coefficient (Wildman–Crippen LogP) is 2.24. The van der Waals surface area contributed by atoms with Crippen LogP contribution in [-0.4, -0.2) is 29.8 Å². The number of aromatic nitrogens is 2. The van der Waals surface area contributed by atoms with E-state index >= 15 is 0 Å². The second-order valence-electron chi connectivity index (χ2n) is 4.38. The number of carboxylic acids is 1. The van der Waals surface area contributed by atoms with E-state index in [9.17, 15) is 26.7 Å². The third-order valence-corrected chi connectivity index (χ3v) is 3.23. The summed E-state index contributed by atoms with van der Waals surface area (Å²) >= 11 is -2.65. The maximum Gasteiger partial charge on any atom is 0.433 e. The fourth-order valence-corrected chi connectivity index (χ4v) is 2.08. The fraction of sp³-hybridized carbons (Fsp3) is 0.154. The third-order valence-electron chi connectivity index (χ3n) is 2.74. The van der Waals surface area contributed by atoms with Crippen molar-refractivity contribution in [3.05, 3.63) is 47.4 Å². The summed E-state index contributed by atoms with van der Waals surface area (Å²) in [5.74, 6) is -2.44. The molecule has 23 heavy (non-hydrogen) atoms. The number of hydrogen-bond donors (Lipinski definition) is 1. The molecule has 0 fully saturated rings. The predicted molar refractivity (Wildman–Crippen MR) is 72.1 cm³/mol. The Morgan fingerprint density at radius 1 is 1.22 bits per heavy atom. The number of hydrogen-bond acceptors (Lipinski definition) is 5. The van der Waals surface area contributed by atoms with E-state index in [1.54, 1.807) is 0 Å². The zero-order valence-corrected chi connectivity index (χ0v) is 12.0. The lowest BCUT2D eigenvalue weighted by Gasteiger charge is -2.11. The van der Waals surface area contributed by atoms with Crippen LogP contribution in [0.25, 0.3) is 11.3 Å². The van der Waals surface area contributed by atoms with Crippen LogP contribution in [-0.2, 0) is 23.0 Å². The van der Waals surface area contributed by atoms with Crippen molar-refractivity contribution in [2.24, 2.45) is 0 Å². The summed E-state index contributed by atoms with van der Waals surface area (Å²) in [6.07, 6.45) is -4.77. The highest BCUT2D eigenvalue weighted by Crippen LogP contribution is 2.30. The topological polar surface area (TPSA) is 103 Å². The van der Waals surface area contributed by atoms with Gasteiger partial charge in [-0.3, -0.25) is 4.21 Å². The Bertz CT molecular complexity index is 763. The van der Waals surface area contributed by atoms with Crippen LogP contribution in [0.5, 0.6) is 0 Å². The first-order valence-corrected chi connectivity index (χ1v) is 7.26. The Hall–Kier alpha value is -2.33. The second kappa shape index (κ2) is 6.42. The van der Waals surface area contributed by atoms with Gasteiger partial charge in [-0.2, -0.15) is 13.2 Å². The highest BCUT2D eigenvalue weighted by atomic mass is 32.2. The number of carbonyl (C=O) groups is 1. The van der Waals surface area contributed by atoms with Crippen molar-refractivity contribution >= 4 is 17.0 Å². The molecule has 6 nitrogen and oxygen atoms in total. The minimum atomic E-state index is -4.77. The Labute approximate surface area is 130 Å². The molecule has 2 rings (SSSR count). The Morgan fingerprint density at radius 3 is 2.30 bits per heavy atom. The van der Waals surface area contributed by atoms with Gasteiger partial charge in [0.25, 0.3) is 0 Å². The lowest BCUT2D eigenvalue weighted by molar-refractivity contribution is -0.141. The summed E-state index contributed by atoms with van der Waals surface area (Å²) in [6, 6.07) is 5.65. The quantitative estimate of drug-likeness (QED) is 0.853. The molecular weight excluding hydrogens is 337 g/mol. The smallest absolute Gasteiger partial charge is 0.433 e. The Morgan fingerprint density at radius 2 is 1.83 bits per heavy atom. The largest absolute Gasteiger partial charge is 0.772 e. The van der Waals surface area contributed by atoms with Gasteiger partial charge in [-0.15, -0.1) is 0 Å². The Kier molecular flexibility index (Phi) is 4.76. The minimum Gasteiger partial charge on any atom is -0.772 e. The van der Waals surface area contributed by atoms with Crippen LogP contribution in [0.3, 0.4) is 0 Å². The van der Waals surface area contributed by atoms with Crippen molar-refractivity contribution in [2.45, 2.75) is 11.9 Å². The van der Waals surface area contributed by atoms with Gasteiger partial charge >= 0.3 is 12.1 Å². The summed E-state index contributed by atoms with van der Waals surface area (Å²) in [4.78, 5) is 17.7. The molecule has 0 saturated heterocycles. The second-order valence-corrected chi connectivity index (χ2v) is 5.28. The van der Waals surface area contributed by atoms with Gasteiger partial charge in [0.1, 0.15) is 11.5 Å².